The molecule has 0 bridgehead atoms. The van der Waals surface area contributed by atoms with Gasteiger partial charge in [0.25, 0.3) is 0 Å². The minimum atomic E-state index is -0.524. The molecular weight excluding hydrogens is 240 g/mol. The zero-order valence-electron chi connectivity index (χ0n) is 11.5. The molecular formula is C14H20N4O. The molecule has 1 aromatic heterocycles. The van der Waals surface area contributed by atoms with E-state index in [9.17, 15) is 5.11 Å². The second-order valence-corrected chi connectivity index (χ2v) is 5.53. The van der Waals surface area contributed by atoms with Crippen molar-refractivity contribution in [1.82, 2.24) is 14.8 Å². The summed E-state index contributed by atoms with van der Waals surface area (Å²) in [5.41, 5.74) is 6.62. The average Bonchev–Trinajstić information content (AvgIpc) is 2.84. The van der Waals surface area contributed by atoms with Gasteiger partial charge in [0.1, 0.15) is 5.82 Å². The van der Waals surface area contributed by atoms with Crippen LogP contribution in [0.2, 0.25) is 0 Å². The first kappa shape index (κ1) is 13.7. The molecule has 5 heteroatoms. The Morgan fingerprint density at radius 3 is 2.42 bits per heavy atom. The first-order valence-electron chi connectivity index (χ1n) is 6.33. The van der Waals surface area contributed by atoms with Gasteiger partial charge in [0.15, 0.2) is 5.82 Å². The Kier molecular flexibility index (Phi) is 3.68. The first-order chi connectivity index (χ1) is 8.93. The maximum Gasteiger partial charge on any atom is 0.181 e. The van der Waals surface area contributed by atoms with Crippen molar-refractivity contribution >= 4 is 0 Å². The maximum absolute atomic E-state index is 9.25. The summed E-state index contributed by atoms with van der Waals surface area (Å²) < 4.78 is 1.79. The molecule has 0 aliphatic heterocycles. The van der Waals surface area contributed by atoms with Crippen molar-refractivity contribution in [2.75, 3.05) is 6.61 Å². The van der Waals surface area contributed by atoms with Crippen molar-refractivity contribution in [1.29, 1.82) is 0 Å². The molecule has 0 saturated heterocycles. The van der Waals surface area contributed by atoms with Gasteiger partial charge in [-0.3, -0.25) is 0 Å². The van der Waals surface area contributed by atoms with Gasteiger partial charge in [0.05, 0.1) is 18.2 Å². The van der Waals surface area contributed by atoms with Gasteiger partial charge in [0.2, 0.25) is 0 Å². The number of hydrogen-bond acceptors (Lipinski definition) is 4. The minimum absolute atomic E-state index is 0.150. The second-order valence-electron chi connectivity index (χ2n) is 5.53. The molecule has 0 aliphatic rings. The SMILES string of the molecule is CC(C)(C)n1nc(-c2ccccc2)nc1[C@H](N)CO. The largest absolute Gasteiger partial charge is 0.394 e. The molecule has 0 spiro atoms. The molecule has 0 amide bonds. The fourth-order valence-electron chi connectivity index (χ4n) is 1.85. The normalized spacial score (nSPS) is 13.5. The van der Waals surface area contributed by atoms with Crippen LogP contribution >= 0.6 is 0 Å². The molecule has 1 aromatic carbocycles. The van der Waals surface area contributed by atoms with Gasteiger partial charge in [-0.2, -0.15) is 5.10 Å². The lowest BCUT2D eigenvalue weighted by Gasteiger charge is -2.22. The summed E-state index contributed by atoms with van der Waals surface area (Å²) in [5, 5.41) is 13.8. The van der Waals surface area contributed by atoms with Crippen molar-refractivity contribution in [2.45, 2.75) is 32.4 Å². The summed E-state index contributed by atoms with van der Waals surface area (Å²) in [6, 6.07) is 9.22. The van der Waals surface area contributed by atoms with Crippen LogP contribution in [0.5, 0.6) is 0 Å². The zero-order valence-corrected chi connectivity index (χ0v) is 11.5. The van der Waals surface area contributed by atoms with E-state index in [2.05, 4.69) is 10.1 Å². The third-order valence-electron chi connectivity index (χ3n) is 2.83. The van der Waals surface area contributed by atoms with Crippen LogP contribution in [0.4, 0.5) is 0 Å². The highest BCUT2D eigenvalue weighted by atomic mass is 16.3. The monoisotopic (exact) mass is 260 g/mol. The van der Waals surface area contributed by atoms with Crippen molar-refractivity contribution in [3.8, 4) is 11.4 Å². The molecule has 1 atom stereocenters. The lowest BCUT2D eigenvalue weighted by atomic mass is 10.1. The lowest BCUT2D eigenvalue weighted by Crippen LogP contribution is -2.30. The smallest absolute Gasteiger partial charge is 0.181 e. The highest BCUT2D eigenvalue weighted by molar-refractivity contribution is 5.54. The molecule has 19 heavy (non-hydrogen) atoms. The van der Waals surface area contributed by atoms with Crippen molar-refractivity contribution < 1.29 is 5.11 Å². The van der Waals surface area contributed by atoms with Gasteiger partial charge in [-0.1, -0.05) is 30.3 Å². The second kappa shape index (κ2) is 5.11. The summed E-state index contributed by atoms with van der Waals surface area (Å²) >= 11 is 0. The van der Waals surface area contributed by atoms with Crippen molar-refractivity contribution in [2.24, 2.45) is 5.73 Å². The Hall–Kier alpha value is -1.72. The highest BCUT2D eigenvalue weighted by Gasteiger charge is 2.24. The van der Waals surface area contributed by atoms with E-state index < -0.39 is 6.04 Å². The van der Waals surface area contributed by atoms with Crippen LogP contribution in [0.1, 0.15) is 32.6 Å². The number of nitrogens with zero attached hydrogens (tertiary/aromatic N) is 3. The molecule has 0 saturated carbocycles. The maximum atomic E-state index is 9.25. The van der Waals surface area contributed by atoms with Crippen LogP contribution in [0.3, 0.4) is 0 Å². The minimum Gasteiger partial charge on any atom is -0.394 e. The van der Waals surface area contributed by atoms with Crippen LogP contribution in [0.25, 0.3) is 11.4 Å². The number of benzene rings is 1. The van der Waals surface area contributed by atoms with E-state index in [1.807, 2.05) is 51.1 Å². The van der Waals surface area contributed by atoms with E-state index in [-0.39, 0.29) is 12.1 Å². The van der Waals surface area contributed by atoms with Crippen molar-refractivity contribution in [3.63, 3.8) is 0 Å². The molecule has 2 aromatic rings. The van der Waals surface area contributed by atoms with Gasteiger partial charge in [-0.15, -0.1) is 0 Å². The Morgan fingerprint density at radius 2 is 1.89 bits per heavy atom. The number of rotatable bonds is 3. The van der Waals surface area contributed by atoms with Crippen LogP contribution < -0.4 is 5.73 Å². The van der Waals surface area contributed by atoms with Gasteiger partial charge in [0, 0.05) is 5.56 Å². The fourth-order valence-corrected chi connectivity index (χ4v) is 1.85. The first-order valence-corrected chi connectivity index (χ1v) is 6.33. The summed E-state index contributed by atoms with van der Waals surface area (Å²) in [6.07, 6.45) is 0. The van der Waals surface area contributed by atoms with Crippen LogP contribution in [-0.4, -0.2) is 26.5 Å². The molecule has 0 radical (unpaired) electrons. The van der Waals surface area contributed by atoms with Gasteiger partial charge in [-0.05, 0) is 20.8 Å². The van der Waals surface area contributed by atoms with Gasteiger partial charge < -0.3 is 10.8 Å². The molecule has 0 fully saturated rings. The third kappa shape index (κ3) is 2.83. The van der Waals surface area contributed by atoms with Gasteiger partial charge >= 0.3 is 0 Å². The van der Waals surface area contributed by atoms with E-state index >= 15 is 0 Å². The van der Waals surface area contributed by atoms with Crippen molar-refractivity contribution in [3.05, 3.63) is 36.2 Å². The third-order valence-corrected chi connectivity index (χ3v) is 2.83. The van der Waals surface area contributed by atoms with E-state index in [1.165, 1.54) is 0 Å². The zero-order chi connectivity index (χ0) is 14.0. The predicted molar refractivity (Wildman–Crippen MR) is 74.5 cm³/mol. The Bertz CT molecular complexity index is 542. The number of nitrogens with two attached hydrogens (primary N) is 1. The van der Waals surface area contributed by atoms with E-state index in [0.717, 1.165) is 5.56 Å². The highest BCUT2D eigenvalue weighted by Crippen LogP contribution is 2.23. The quantitative estimate of drug-likeness (QED) is 0.880. The molecule has 3 N–H and O–H groups in total. The number of hydrogen-bond donors (Lipinski definition) is 2. The van der Waals surface area contributed by atoms with E-state index in [4.69, 9.17) is 5.73 Å². The molecule has 5 nitrogen and oxygen atoms in total. The number of aliphatic hydroxyl groups is 1. The Morgan fingerprint density at radius 1 is 1.26 bits per heavy atom. The van der Waals surface area contributed by atoms with E-state index in [0.29, 0.717) is 11.6 Å². The average molecular weight is 260 g/mol. The van der Waals surface area contributed by atoms with E-state index in [1.54, 1.807) is 4.68 Å². The molecule has 0 unspecified atom stereocenters. The van der Waals surface area contributed by atoms with Crippen LogP contribution in [0.15, 0.2) is 30.3 Å². The standard InChI is InChI=1S/C14H20N4O/c1-14(2,3)18-13(11(15)9-19)16-12(17-18)10-7-5-4-6-8-10/h4-8,11,19H,9,15H2,1-3H3/t11-/m1/s1. The molecule has 2 rings (SSSR count). The topological polar surface area (TPSA) is 77.0 Å². The summed E-state index contributed by atoms with van der Waals surface area (Å²) in [6.45, 7) is 5.95. The van der Waals surface area contributed by atoms with Gasteiger partial charge in [-0.25, -0.2) is 9.67 Å². The Labute approximate surface area is 113 Å². The molecule has 102 valence electrons. The Balaban J connectivity index is 2.52. The van der Waals surface area contributed by atoms with Crippen LogP contribution in [0, 0.1) is 0 Å². The fraction of sp³-hybridized carbons (Fsp3) is 0.429. The molecule has 0 aliphatic carbocycles. The van der Waals surface area contributed by atoms with Crippen LogP contribution in [-0.2, 0) is 5.54 Å². The number of aromatic nitrogens is 3. The number of aliphatic hydroxyl groups excluding tert-OH is 1. The predicted octanol–water partition coefficient (Wildman–Crippen LogP) is 1.69. The summed E-state index contributed by atoms with van der Waals surface area (Å²) in [7, 11) is 0. The summed E-state index contributed by atoms with van der Waals surface area (Å²) in [5.74, 6) is 1.24. The summed E-state index contributed by atoms with van der Waals surface area (Å²) in [4.78, 5) is 4.48. The molecule has 1 heterocycles. The lowest BCUT2D eigenvalue weighted by molar-refractivity contribution is 0.248.